The third-order valence-corrected chi connectivity index (χ3v) is 4.28. The van der Waals surface area contributed by atoms with Crippen LogP contribution in [-0.2, 0) is 0 Å². The average Bonchev–Trinajstić information content (AvgIpc) is 2.37. The van der Waals surface area contributed by atoms with Gasteiger partial charge in [0.25, 0.3) is 0 Å². The zero-order chi connectivity index (χ0) is 14.0. The summed E-state index contributed by atoms with van der Waals surface area (Å²) in [6, 6.07) is 8.34. The molecule has 0 saturated heterocycles. The maximum atomic E-state index is 11.0. The standard InChI is InChI=1S/C13H6Br2Cl2O2/c14-8-1-2-12(7(3-8)6-18)19-13-5-10(16)9(15)4-11(13)17/h1-6H. The number of carbonyl (C=O) groups excluding carboxylic acids is 1. The van der Waals surface area contributed by atoms with E-state index < -0.39 is 0 Å². The summed E-state index contributed by atoms with van der Waals surface area (Å²) in [5, 5.41) is 0.875. The van der Waals surface area contributed by atoms with Crippen LogP contribution in [0, 0.1) is 0 Å². The molecule has 0 bridgehead atoms. The molecule has 2 rings (SSSR count). The van der Waals surface area contributed by atoms with Crippen LogP contribution in [0.1, 0.15) is 10.4 Å². The molecule has 0 unspecified atom stereocenters. The SMILES string of the molecule is O=Cc1cc(Br)ccc1Oc1cc(Cl)c(Br)cc1Cl. The van der Waals surface area contributed by atoms with Gasteiger partial charge in [0.15, 0.2) is 6.29 Å². The van der Waals surface area contributed by atoms with Gasteiger partial charge in [-0.2, -0.15) is 0 Å². The molecule has 19 heavy (non-hydrogen) atoms. The Morgan fingerprint density at radius 2 is 1.74 bits per heavy atom. The molecule has 0 aromatic heterocycles. The van der Waals surface area contributed by atoms with Crippen molar-refractivity contribution < 1.29 is 9.53 Å². The van der Waals surface area contributed by atoms with Crippen molar-refractivity contribution in [2.75, 3.05) is 0 Å². The van der Waals surface area contributed by atoms with E-state index in [0.29, 0.717) is 37.9 Å². The Morgan fingerprint density at radius 1 is 1.00 bits per heavy atom. The molecule has 6 heteroatoms. The molecule has 0 fully saturated rings. The number of rotatable bonds is 3. The molecule has 0 amide bonds. The van der Waals surface area contributed by atoms with E-state index in [9.17, 15) is 4.79 Å². The average molecular weight is 425 g/mol. The van der Waals surface area contributed by atoms with Crippen LogP contribution in [0.5, 0.6) is 11.5 Å². The lowest BCUT2D eigenvalue weighted by Crippen LogP contribution is -1.91. The Bertz CT molecular complexity index is 645. The number of halogens is 4. The third-order valence-electron chi connectivity index (χ3n) is 2.29. The van der Waals surface area contributed by atoms with Gasteiger partial charge in [-0.3, -0.25) is 4.79 Å². The van der Waals surface area contributed by atoms with Gasteiger partial charge in [-0.15, -0.1) is 0 Å². The fourth-order valence-corrected chi connectivity index (χ4v) is 2.62. The molecule has 0 N–H and O–H groups in total. The molecule has 98 valence electrons. The Labute approximate surface area is 136 Å². The second kappa shape index (κ2) is 6.27. The first kappa shape index (κ1) is 14.9. The number of benzene rings is 2. The van der Waals surface area contributed by atoms with Gasteiger partial charge < -0.3 is 4.74 Å². The second-order valence-electron chi connectivity index (χ2n) is 3.60. The number of aldehydes is 1. The molecule has 0 aliphatic carbocycles. The fraction of sp³-hybridized carbons (Fsp3) is 0. The molecular formula is C13H6Br2Cl2O2. The number of hydrogen-bond acceptors (Lipinski definition) is 2. The van der Waals surface area contributed by atoms with Crippen LogP contribution in [-0.4, -0.2) is 6.29 Å². The van der Waals surface area contributed by atoms with Crippen LogP contribution >= 0.6 is 55.1 Å². The summed E-state index contributed by atoms with van der Waals surface area (Å²) in [5.41, 5.74) is 0.421. The molecule has 2 aromatic carbocycles. The normalized spacial score (nSPS) is 10.3. The maximum Gasteiger partial charge on any atom is 0.153 e. The lowest BCUT2D eigenvalue weighted by atomic mass is 10.2. The summed E-state index contributed by atoms with van der Waals surface area (Å²) in [6.45, 7) is 0. The summed E-state index contributed by atoms with van der Waals surface area (Å²) in [5.74, 6) is 0.804. The quantitative estimate of drug-likeness (QED) is 0.438. The van der Waals surface area contributed by atoms with E-state index in [-0.39, 0.29) is 0 Å². The molecule has 0 aliphatic rings. The second-order valence-corrected chi connectivity index (χ2v) is 6.18. The van der Waals surface area contributed by atoms with Crippen molar-refractivity contribution in [3.05, 3.63) is 54.9 Å². The predicted octanol–water partition coefficient (Wildman–Crippen LogP) is 6.12. The number of hydrogen-bond donors (Lipinski definition) is 0. The van der Waals surface area contributed by atoms with E-state index in [1.807, 2.05) is 0 Å². The molecule has 0 atom stereocenters. The number of ether oxygens (including phenoxy) is 1. The zero-order valence-electron chi connectivity index (χ0n) is 9.29. The summed E-state index contributed by atoms with van der Waals surface area (Å²) in [7, 11) is 0. The first-order chi connectivity index (χ1) is 9.01. The highest BCUT2D eigenvalue weighted by Gasteiger charge is 2.10. The van der Waals surface area contributed by atoms with E-state index in [2.05, 4.69) is 31.9 Å². The monoisotopic (exact) mass is 422 g/mol. The highest BCUT2D eigenvalue weighted by atomic mass is 79.9. The molecule has 0 spiro atoms. The van der Waals surface area contributed by atoms with Gasteiger partial charge >= 0.3 is 0 Å². The van der Waals surface area contributed by atoms with Crippen molar-refractivity contribution >= 4 is 61.3 Å². The van der Waals surface area contributed by atoms with E-state index in [1.165, 1.54) is 0 Å². The largest absolute Gasteiger partial charge is 0.455 e. The highest BCUT2D eigenvalue weighted by Crippen LogP contribution is 2.37. The minimum absolute atomic E-state index is 0.389. The summed E-state index contributed by atoms with van der Waals surface area (Å²) in [4.78, 5) is 11.0. The Kier molecular flexibility index (Phi) is 4.90. The molecular weight excluding hydrogens is 419 g/mol. The molecule has 0 saturated carbocycles. The van der Waals surface area contributed by atoms with Crippen LogP contribution in [0.25, 0.3) is 0 Å². The van der Waals surface area contributed by atoms with Crippen LogP contribution < -0.4 is 4.74 Å². The van der Waals surface area contributed by atoms with Gasteiger partial charge in [-0.1, -0.05) is 39.1 Å². The lowest BCUT2D eigenvalue weighted by Gasteiger charge is -2.11. The van der Waals surface area contributed by atoms with E-state index in [4.69, 9.17) is 27.9 Å². The van der Waals surface area contributed by atoms with Gasteiger partial charge in [0, 0.05) is 15.0 Å². The highest BCUT2D eigenvalue weighted by molar-refractivity contribution is 9.10. The van der Waals surface area contributed by atoms with Crippen molar-refractivity contribution in [1.29, 1.82) is 0 Å². The van der Waals surface area contributed by atoms with Crippen LogP contribution in [0.3, 0.4) is 0 Å². The van der Waals surface area contributed by atoms with Crippen LogP contribution in [0.15, 0.2) is 39.3 Å². The summed E-state index contributed by atoms with van der Waals surface area (Å²) in [6.07, 6.45) is 0.717. The van der Waals surface area contributed by atoms with Gasteiger partial charge in [0.05, 0.1) is 15.6 Å². The Morgan fingerprint density at radius 3 is 2.42 bits per heavy atom. The molecule has 0 aliphatic heterocycles. The first-order valence-electron chi connectivity index (χ1n) is 5.08. The topological polar surface area (TPSA) is 26.3 Å². The zero-order valence-corrected chi connectivity index (χ0v) is 14.0. The molecule has 0 radical (unpaired) electrons. The lowest BCUT2D eigenvalue weighted by molar-refractivity contribution is 0.112. The van der Waals surface area contributed by atoms with E-state index in [1.54, 1.807) is 30.3 Å². The summed E-state index contributed by atoms with van der Waals surface area (Å²) >= 11 is 18.6. The molecule has 2 aromatic rings. The van der Waals surface area contributed by atoms with Gasteiger partial charge in [0.1, 0.15) is 11.5 Å². The van der Waals surface area contributed by atoms with E-state index in [0.717, 1.165) is 4.47 Å². The van der Waals surface area contributed by atoms with Crippen molar-refractivity contribution in [2.45, 2.75) is 0 Å². The van der Waals surface area contributed by atoms with Gasteiger partial charge in [-0.25, -0.2) is 0 Å². The van der Waals surface area contributed by atoms with Crippen molar-refractivity contribution in [3.63, 3.8) is 0 Å². The minimum Gasteiger partial charge on any atom is -0.455 e. The Hall–Kier alpha value is -0.550. The van der Waals surface area contributed by atoms with Gasteiger partial charge in [-0.05, 0) is 40.2 Å². The summed E-state index contributed by atoms with van der Waals surface area (Å²) < 4.78 is 7.10. The third kappa shape index (κ3) is 3.51. The van der Waals surface area contributed by atoms with Crippen LogP contribution in [0.4, 0.5) is 0 Å². The van der Waals surface area contributed by atoms with E-state index >= 15 is 0 Å². The molecule has 2 nitrogen and oxygen atoms in total. The maximum absolute atomic E-state index is 11.0. The minimum atomic E-state index is 0.389. The van der Waals surface area contributed by atoms with Gasteiger partial charge in [0.2, 0.25) is 0 Å². The fourth-order valence-electron chi connectivity index (χ4n) is 1.41. The Balaban J connectivity index is 2.41. The smallest absolute Gasteiger partial charge is 0.153 e. The molecule has 0 heterocycles. The van der Waals surface area contributed by atoms with Crippen molar-refractivity contribution in [3.8, 4) is 11.5 Å². The predicted molar refractivity (Wildman–Crippen MR) is 83.8 cm³/mol. The first-order valence-corrected chi connectivity index (χ1v) is 7.42. The van der Waals surface area contributed by atoms with Crippen molar-refractivity contribution in [1.82, 2.24) is 0 Å². The number of carbonyl (C=O) groups is 1. The van der Waals surface area contributed by atoms with Crippen LogP contribution in [0.2, 0.25) is 10.0 Å². The van der Waals surface area contributed by atoms with Crippen molar-refractivity contribution in [2.24, 2.45) is 0 Å².